The molecule has 1 aromatic rings. The number of carboxylic acids is 1. The molecule has 0 radical (unpaired) electrons. The third-order valence-electron chi connectivity index (χ3n) is 3.36. The molecule has 1 aromatic carbocycles. The third kappa shape index (κ3) is 3.67. The molecule has 6 heteroatoms. The summed E-state index contributed by atoms with van der Waals surface area (Å²) in [5.74, 6) is 0.0471. The van der Waals surface area contributed by atoms with E-state index >= 15 is 0 Å². The lowest BCUT2D eigenvalue weighted by atomic mass is 9.98. The van der Waals surface area contributed by atoms with E-state index in [9.17, 15) is 14.7 Å². The first kappa shape index (κ1) is 15.2. The van der Waals surface area contributed by atoms with Crippen molar-refractivity contribution in [2.24, 2.45) is 0 Å². The van der Waals surface area contributed by atoms with Crippen molar-refractivity contribution in [3.63, 3.8) is 0 Å². The molecular weight excluding hydrogens is 298 g/mol. The molecule has 1 aliphatic heterocycles. The van der Waals surface area contributed by atoms with E-state index in [1.807, 2.05) is 12.1 Å². The number of halogens is 1. The van der Waals surface area contributed by atoms with Crippen molar-refractivity contribution in [2.75, 3.05) is 11.5 Å². The molecule has 2 N–H and O–H groups in total. The topological polar surface area (TPSA) is 66.4 Å². The highest BCUT2D eigenvalue weighted by molar-refractivity contribution is 7.99. The molecule has 1 amide bonds. The number of carbonyl (C=O) groups is 2. The maximum absolute atomic E-state index is 11.9. The van der Waals surface area contributed by atoms with Gasteiger partial charge in [-0.15, -0.1) is 0 Å². The van der Waals surface area contributed by atoms with Crippen LogP contribution in [0.4, 0.5) is 0 Å². The first-order valence-corrected chi connectivity index (χ1v) is 7.92. The summed E-state index contributed by atoms with van der Waals surface area (Å²) < 4.78 is 0. The second kappa shape index (κ2) is 6.50. The van der Waals surface area contributed by atoms with E-state index in [4.69, 9.17) is 11.6 Å². The van der Waals surface area contributed by atoms with Crippen LogP contribution in [0.5, 0.6) is 0 Å². The Balaban J connectivity index is 1.89. The number of nitrogens with one attached hydrogen (secondary N) is 1. The number of carbonyl (C=O) groups excluding carboxylic acids is 1. The molecule has 0 aromatic heterocycles. The number of hydrogen-bond donors (Lipinski definition) is 2. The van der Waals surface area contributed by atoms with Gasteiger partial charge in [0.1, 0.15) is 5.54 Å². The fraction of sp³-hybridized carbons (Fsp3) is 0.429. The molecule has 4 nitrogen and oxygen atoms in total. The monoisotopic (exact) mass is 313 g/mol. The average Bonchev–Trinajstić information content (AvgIpc) is 2.88. The number of thioether (sulfide) groups is 1. The minimum atomic E-state index is -1.08. The van der Waals surface area contributed by atoms with E-state index in [1.165, 1.54) is 0 Å². The number of carboxylic acid groups (broad SMARTS) is 1. The summed E-state index contributed by atoms with van der Waals surface area (Å²) in [6, 6.07) is 7.30. The highest BCUT2D eigenvalue weighted by atomic mass is 35.5. The molecule has 0 saturated carbocycles. The normalized spacial score (nSPS) is 21.6. The van der Waals surface area contributed by atoms with Gasteiger partial charge < -0.3 is 10.4 Å². The second-order valence-electron chi connectivity index (χ2n) is 4.86. The Morgan fingerprint density at radius 1 is 1.35 bits per heavy atom. The Morgan fingerprint density at radius 3 is 2.60 bits per heavy atom. The van der Waals surface area contributed by atoms with Gasteiger partial charge in [-0.25, -0.2) is 4.79 Å². The number of amides is 1. The molecule has 0 bridgehead atoms. The predicted molar refractivity (Wildman–Crippen MR) is 80.2 cm³/mol. The largest absolute Gasteiger partial charge is 0.479 e. The van der Waals surface area contributed by atoms with E-state index in [-0.39, 0.29) is 12.3 Å². The Hall–Kier alpha value is -1.20. The van der Waals surface area contributed by atoms with E-state index in [1.54, 1.807) is 23.9 Å². The lowest BCUT2D eigenvalue weighted by Gasteiger charge is -2.24. The van der Waals surface area contributed by atoms with Crippen LogP contribution >= 0.6 is 23.4 Å². The van der Waals surface area contributed by atoms with Crippen LogP contribution in [-0.2, 0) is 16.0 Å². The smallest absolute Gasteiger partial charge is 0.330 e. The lowest BCUT2D eigenvalue weighted by molar-refractivity contribution is -0.146. The Bertz CT molecular complexity index is 498. The number of benzene rings is 1. The first-order chi connectivity index (χ1) is 9.52. The minimum absolute atomic E-state index is 0.218. The standard InChI is InChI=1S/C14H16ClNO3S/c15-11-4-1-10(2-5-11)3-6-12(17)16-14(13(18)19)7-8-20-9-14/h1-2,4-5H,3,6-9H2,(H,16,17)(H,18,19). The predicted octanol–water partition coefficient (Wildman–Crippen LogP) is 2.35. The van der Waals surface area contributed by atoms with E-state index in [0.717, 1.165) is 11.3 Å². The highest BCUT2D eigenvalue weighted by Gasteiger charge is 2.43. The molecule has 1 aliphatic rings. The molecule has 20 heavy (non-hydrogen) atoms. The number of aryl methyl sites for hydroxylation is 1. The summed E-state index contributed by atoms with van der Waals surface area (Å²) in [7, 11) is 0. The zero-order valence-electron chi connectivity index (χ0n) is 10.9. The van der Waals surface area contributed by atoms with Crippen LogP contribution in [0.2, 0.25) is 5.02 Å². The third-order valence-corrected chi connectivity index (χ3v) is 4.81. The summed E-state index contributed by atoms with van der Waals surface area (Å²) in [5.41, 5.74) is -0.0726. The van der Waals surface area contributed by atoms with Crippen LogP contribution in [0.3, 0.4) is 0 Å². The van der Waals surface area contributed by atoms with Gasteiger partial charge in [0.25, 0.3) is 0 Å². The van der Waals surface area contributed by atoms with Gasteiger partial charge in [-0.2, -0.15) is 11.8 Å². The molecule has 0 spiro atoms. The Labute approximate surface area is 126 Å². The van der Waals surface area contributed by atoms with Crippen molar-refractivity contribution in [2.45, 2.75) is 24.8 Å². The Kier molecular flexibility index (Phi) is 4.94. The van der Waals surface area contributed by atoms with E-state index in [2.05, 4.69) is 5.32 Å². The fourth-order valence-corrected chi connectivity index (χ4v) is 3.58. The molecule has 1 unspecified atom stereocenters. The van der Waals surface area contributed by atoms with Crippen LogP contribution in [0.25, 0.3) is 0 Å². The van der Waals surface area contributed by atoms with Gasteiger partial charge in [-0.1, -0.05) is 23.7 Å². The highest BCUT2D eigenvalue weighted by Crippen LogP contribution is 2.28. The number of aliphatic carboxylic acids is 1. The van der Waals surface area contributed by atoms with Crippen LogP contribution < -0.4 is 5.32 Å². The first-order valence-electron chi connectivity index (χ1n) is 6.38. The molecule has 108 valence electrons. The van der Waals surface area contributed by atoms with Gasteiger partial charge in [0.05, 0.1) is 0 Å². The maximum Gasteiger partial charge on any atom is 0.330 e. The molecule has 1 fully saturated rings. The fourth-order valence-electron chi connectivity index (χ4n) is 2.12. The van der Waals surface area contributed by atoms with E-state index < -0.39 is 11.5 Å². The van der Waals surface area contributed by atoms with Crippen molar-refractivity contribution >= 4 is 35.2 Å². The number of rotatable bonds is 5. The summed E-state index contributed by atoms with van der Waals surface area (Å²) >= 11 is 7.35. The molecule has 0 aliphatic carbocycles. The summed E-state index contributed by atoms with van der Waals surface area (Å²) in [6.45, 7) is 0. The van der Waals surface area contributed by atoms with Crippen LogP contribution in [-0.4, -0.2) is 34.0 Å². The van der Waals surface area contributed by atoms with E-state index in [0.29, 0.717) is 23.6 Å². The van der Waals surface area contributed by atoms with Gasteiger partial charge >= 0.3 is 5.97 Å². The molecule has 1 heterocycles. The quantitative estimate of drug-likeness (QED) is 0.875. The van der Waals surface area contributed by atoms with Crippen LogP contribution in [0.15, 0.2) is 24.3 Å². The number of hydrogen-bond acceptors (Lipinski definition) is 3. The van der Waals surface area contributed by atoms with Crippen LogP contribution in [0, 0.1) is 0 Å². The second-order valence-corrected chi connectivity index (χ2v) is 6.41. The summed E-state index contributed by atoms with van der Waals surface area (Å²) in [4.78, 5) is 23.3. The lowest BCUT2D eigenvalue weighted by Crippen LogP contribution is -2.54. The minimum Gasteiger partial charge on any atom is -0.479 e. The van der Waals surface area contributed by atoms with Crippen molar-refractivity contribution < 1.29 is 14.7 Å². The SMILES string of the molecule is O=C(CCc1ccc(Cl)cc1)NC1(C(=O)O)CCSC1. The molecule has 1 atom stereocenters. The van der Waals surface area contributed by atoms with Gasteiger partial charge in [0, 0.05) is 17.2 Å². The van der Waals surface area contributed by atoms with Crippen molar-refractivity contribution in [1.82, 2.24) is 5.32 Å². The summed E-state index contributed by atoms with van der Waals surface area (Å²) in [6.07, 6.45) is 1.34. The molecule has 2 rings (SSSR count). The zero-order chi connectivity index (χ0) is 14.6. The van der Waals surface area contributed by atoms with Gasteiger partial charge in [0.2, 0.25) is 5.91 Å². The Morgan fingerprint density at radius 2 is 2.05 bits per heavy atom. The van der Waals surface area contributed by atoms with Gasteiger partial charge in [0.15, 0.2) is 0 Å². The van der Waals surface area contributed by atoms with Gasteiger partial charge in [-0.05, 0) is 36.3 Å². The maximum atomic E-state index is 11.9. The zero-order valence-corrected chi connectivity index (χ0v) is 12.5. The summed E-state index contributed by atoms with van der Waals surface area (Å²) in [5, 5.41) is 12.6. The molecular formula is C14H16ClNO3S. The van der Waals surface area contributed by atoms with Crippen molar-refractivity contribution in [3.8, 4) is 0 Å². The van der Waals surface area contributed by atoms with Crippen molar-refractivity contribution in [1.29, 1.82) is 0 Å². The molecule has 1 saturated heterocycles. The van der Waals surface area contributed by atoms with Crippen LogP contribution in [0.1, 0.15) is 18.4 Å². The average molecular weight is 314 g/mol. The van der Waals surface area contributed by atoms with Gasteiger partial charge in [-0.3, -0.25) is 4.79 Å². The van der Waals surface area contributed by atoms with Crippen molar-refractivity contribution in [3.05, 3.63) is 34.9 Å².